The molecule has 0 fully saturated rings. The van der Waals surface area contributed by atoms with Crippen LogP contribution >= 0.6 is 11.6 Å². The number of para-hydroxylation sites is 1. The molecule has 3 rings (SSSR count). The van der Waals surface area contributed by atoms with Crippen LogP contribution in [-0.4, -0.2) is 9.78 Å². The van der Waals surface area contributed by atoms with E-state index in [0.717, 1.165) is 16.8 Å². The zero-order valence-electron chi connectivity index (χ0n) is 12.1. The molecule has 106 valence electrons. The summed E-state index contributed by atoms with van der Waals surface area (Å²) in [5, 5.41) is 4.24. The molecule has 1 atom stereocenters. The van der Waals surface area contributed by atoms with Gasteiger partial charge in [0.15, 0.2) is 0 Å². The van der Waals surface area contributed by atoms with E-state index in [1.807, 2.05) is 47.4 Å². The first-order chi connectivity index (χ1) is 10.1. The highest BCUT2D eigenvalue weighted by atomic mass is 35.5. The molecule has 0 aliphatic carbocycles. The highest BCUT2D eigenvalue weighted by molar-refractivity contribution is 6.22. The van der Waals surface area contributed by atoms with Gasteiger partial charge in [0.05, 0.1) is 17.3 Å². The minimum Gasteiger partial charge on any atom is -0.241 e. The Balaban J connectivity index is 1.94. The van der Waals surface area contributed by atoms with Crippen molar-refractivity contribution in [3.05, 3.63) is 83.2 Å². The van der Waals surface area contributed by atoms with Crippen molar-refractivity contribution in [2.24, 2.45) is 0 Å². The fourth-order valence-corrected chi connectivity index (χ4v) is 2.75. The largest absolute Gasteiger partial charge is 0.241 e. The Morgan fingerprint density at radius 2 is 1.81 bits per heavy atom. The predicted molar refractivity (Wildman–Crippen MR) is 87.2 cm³/mol. The van der Waals surface area contributed by atoms with Crippen molar-refractivity contribution in [1.82, 2.24) is 9.78 Å². The maximum absolute atomic E-state index is 6.66. The van der Waals surface area contributed by atoms with E-state index in [1.54, 1.807) is 0 Å². The van der Waals surface area contributed by atoms with Crippen molar-refractivity contribution in [3.8, 4) is 5.69 Å². The van der Waals surface area contributed by atoms with Crippen LogP contribution in [0.25, 0.3) is 5.69 Å². The highest BCUT2D eigenvalue weighted by Gasteiger charge is 2.15. The summed E-state index contributed by atoms with van der Waals surface area (Å²) in [5.41, 5.74) is 5.61. The summed E-state index contributed by atoms with van der Waals surface area (Å²) < 4.78 is 1.86. The zero-order chi connectivity index (χ0) is 14.8. The lowest BCUT2D eigenvalue weighted by molar-refractivity contribution is 0.880. The van der Waals surface area contributed by atoms with Gasteiger partial charge in [0.2, 0.25) is 0 Å². The summed E-state index contributed by atoms with van der Waals surface area (Å²) in [4.78, 5) is 0. The van der Waals surface area contributed by atoms with E-state index in [1.165, 1.54) is 11.1 Å². The molecule has 1 aromatic heterocycles. The number of hydrogen-bond donors (Lipinski definition) is 0. The van der Waals surface area contributed by atoms with Crippen molar-refractivity contribution < 1.29 is 0 Å². The molecule has 0 aliphatic rings. The van der Waals surface area contributed by atoms with Crippen LogP contribution in [-0.2, 0) is 0 Å². The molecule has 2 aromatic carbocycles. The van der Waals surface area contributed by atoms with Gasteiger partial charge in [-0.15, -0.1) is 11.6 Å². The summed E-state index contributed by atoms with van der Waals surface area (Å²) in [7, 11) is 0. The summed E-state index contributed by atoms with van der Waals surface area (Å²) in [5.74, 6) is 0. The normalized spacial score (nSPS) is 12.3. The second-order valence-electron chi connectivity index (χ2n) is 5.28. The topological polar surface area (TPSA) is 17.8 Å². The van der Waals surface area contributed by atoms with Crippen LogP contribution in [0.15, 0.2) is 60.9 Å². The van der Waals surface area contributed by atoms with Crippen LogP contribution in [0.5, 0.6) is 0 Å². The van der Waals surface area contributed by atoms with Crippen LogP contribution in [0.2, 0.25) is 0 Å². The number of aryl methyl sites for hydroxylation is 2. The van der Waals surface area contributed by atoms with E-state index < -0.39 is 0 Å². The number of rotatable bonds is 3. The van der Waals surface area contributed by atoms with Gasteiger partial charge < -0.3 is 0 Å². The lowest BCUT2D eigenvalue weighted by Crippen LogP contribution is -1.96. The number of nitrogens with zero attached hydrogens (tertiary/aromatic N) is 2. The minimum absolute atomic E-state index is 0.178. The Morgan fingerprint density at radius 3 is 2.57 bits per heavy atom. The Morgan fingerprint density at radius 1 is 1.05 bits per heavy atom. The SMILES string of the molecule is Cc1ccc(C)c(C(Cl)c2cnn(-c3ccccc3)c2)c1. The first kappa shape index (κ1) is 13.9. The summed E-state index contributed by atoms with van der Waals surface area (Å²) in [6.45, 7) is 4.17. The van der Waals surface area contributed by atoms with E-state index >= 15 is 0 Å². The summed E-state index contributed by atoms with van der Waals surface area (Å²) in [6.07, 6.45) is 3.83. The smallest absolute Gasteiger partial charge is 0.0868 e. The van der Waals surface area contributed by atoms with Crippen LogP contribution in [0, 0.1) is 13.8 Å². The van der Waals surface area contributed by atoms with E-state index in [9.17, 15) is 0 Å². The van der Waals surface area contributed by atoms with E-state index in [0.29, 0.717) is 0 Å². The van der Waals surface area contributed by atoms with Crippen LogP contribution in [0.1, 0.15) is 27.6 Å². The van der Waals surface area contributed by atoms with Crippen LogP contribution in [0.4, 0.5) is 0 Å². The second-order valence-corrected chi connectivity index (χ2v) is 5.71. The zero-order valence-corrected chi connectivity index (χ0v) is 12.9. The molecule has 0 saturated carbocycles. The highest BCUT2D eigenvalue weighted by Crippen LogP contribution is 2.31. The average molecular weight is 297 g/mol. The predicted octanol–water partition coefficient (Wildman–Crippen LogP) is 4.82. The lowest BCUT2D eigenvalue weighted by Gasteiger charge is -2.12. The third-order valence-electron chi connectivity index (χ3n) is 3.62. The maximum atomic E-state index is 6.66. The molecule has 21 heavy (non-hydrogen) atoms. The van der Waals surface area contributed by atoms with Crippen molar-refractivity contribution in [2.75, 3.05) is 0 Å². The van der Waals surface area contributed by atoms with Crippen molar-refractivity contribution in [1.29, 1.82) is 0 Å². The molecule has 0 spiro atoms. The molecule has 3 aromatic rings. The van der Waals surface area contributed by atoms with E-state index in [-0.39, 0.29) is 5.38 Å². The van der Waals surface area contributed by atoms with Gasteiger partial charge in [-0.05, 0) is 37.1 Å². The number of hydrogen-bond acceptors (Lipinski definition) is 1. The van der Waals surface area contributed by atoms with Crippen molar-refractivity contribution in [2.45, 2.75) is 19.2 Å². The van der Waals surface area contributed by atoms with Crippen LogP contribution in [0.3, 0.4) is 0 Å². The summed E-state index contributed by atoms with van der Waals surface area (Å²) >= 11 is 6.66. The Hall–Kier alpha value is -2.06. The molecule has 0 saturated heterocycles. The minimum atomic E-state index is -0.178. The monoisotopic (exact) mass is 296 g/mol. The van der Waals surface area contributed by atoms with Gasteiger partial charge in [-0.3, -0.25) is 0 Å². The molecule has 1 unspecified atom stereocenters. The standard InChI is InChI=1S/C18H17ClN2/c1-13-8-9-14(2)17(10-13)18(19)15-11-20-21(12-15)16-6-4-3-5-7-16/h3-12,18H,1-2H3. The van der Waals surface area contributed by atoms with E-state index in [2.05, 4.69) is 37.1 Å². The van der Waals surface area contributed by atoms with Gasteiger partial charge in [0.25, 0.3) is 0 Å². The second kappa shape index (κ2) is 5.74. The fraction of sp³-hybridized carbons (Fsp3) is 0.167. The Bertz CT molecular complexity index is 747. The molecular formula is C18H17ClN2. The molecule has 0 amide bonds. The van der Waals surface area contributed by atoms with Gasteiger partial charge in [0.1, 0.15) is 0 Å². The van der Waals surface area contributed by atoms with Gasteiger partial charge in [-0.25, -0.2) is 4.68 Å². The maximum Gasteiger partial charge on any atom is 0.0868 e. The summed E-state index contributed by atoms with van der Waals surface area (Å²) in [6, 6.07) is 16.4. The van der Waals surface area contributed by atoms with E-state index in [4.69, 9.17) is 11.6 Å². The number of benzene rings is 2. The van der Waals surface area contributed by atoms with Crippen molar-refractivity contribution in [3.63, 3.8) is 0 Å². The Labute approximate surface area is 130 Å². The number of aromatic nitrogens is 2. The third-order valence-corrected chi connectivity index (χ3v) is 4.11. The molecule has 1 heterocycles. The number of alkyl halides is 1. The van der Waals surface area contributed by atoms with Gasteiger partial charge in [0, 0.05) is 11.8 Å². The number of halogens is 1. The average Bonchev–Trinajstić information content (AvgIpc) is 3.00. The van der Waals surface area contributed by atoms with Crippen molar-refractivity contribution >= 4 is 11.6 Å². The molecular weight excluding hydrogens is 280 g/mol. The first-order valence-corrected chi connectivity index (χ1v) is 7.40. The fourth-order valence-electron chi connectivity index (χ4n) is 2.40. The third kappa shape index (κ3) is 2.86. The van der Waals surface area contributed by atoms with Gasteiger partial charge in [-0.1, -0.05) is 42.0 Å². The van der Waals surface area contributed by atoms with Crippen LogP contribution < -0.4 is 0 Å². The molecule has 2 nitrogen and oxygen atoms in total. The first-order valence-electron chi connectivity index (χ1n) is 6.96. The molecule has 0 N–H and O–H groups in total. The molecule has 0 aliphatic heterocycles. The quantitative estimate of drug-likeness (QED) is 0.634. The van der Waals surface area contributed by atoms with Gasteiger partial charge >= 0.3 is 0 Å². The Kier molecular flexibility index (Phi) is 3.80. The molecule has 3 heteroatoms. The lowest BCUT2D eigenvalue weighted by atomic mass is 10.00. The molecule has 0 bridgehead atoms. The molecule has 0 radical (unpaired) electrons. The van der Waals surface area contributed by atoms with Gasteiger partial charge in [-0.2, -0.15) is 5.10 Å².